The highest BCUT2D eigenvalue weighted by Crippen LogP contribution is 2.28. The second kappa shape index (κ2) is 4.20. The van der Waals surface area contributed by atoms with Crippen LogP contribution >= 0.6 is 0 Å². The molecule has 15 heavy (non-hydrogen) atoms. The molecule has 1 rings (SSSR count). The van der Waals surface area contributed by atoms with Crippen molar-refractivity contribution in [2.45, 2.75) is 6.43 Å². The van der Waals surface area contributed by atoms with Crippen molar-refractivity contribution in [1.29, 1.82) is 0 Å². The van der Waals surface area contributed by atoms with E-state index in [1.54, 1.807) is 0 Å². The van der Waals surface area contributed by atoms with Gasteiger partial charge in [-0.2, -0.15) is 0 Å². The second-order valence-electron chi connectivity index (χ2n) is 2.76. The number of hydrogen-bond donors (Lipinski definition) is 1. The largest absolute Gasteiger partial charge is 0.465 e. The summed E-state index contributed by atoms with van der Waals surface area (Å²) in [6, 6.07) is 1.68. The smallest absolute Gasteiger partial charge is 0.338 e. The quantitative estimate of drug-likeness (QED) is 0.612. The molecular weight excluding hydrogens is 211 g/mol. The average molecular weight is 219 g/mol. The van der Waals surface area contributed by atoms with Crippen molar-refractivity contribution in [1.82, 2.24) is 0 Å². The number of halogens is 3. The van der Waals surface area contributed by atoms with Gasteiger partial charge in [-0.25, -0.2) is 18.0 Å². The molecule has 0 saturated carbocycles. The SMILES string of the molecule is COC(=O)c1cc(N)cc(F)c1C(F)F. The van der Waals surface area contributed by atoms with Crippen LogP contribution in [0.2, 0.25) is 0 Å². The molecule has 0 saturated heterocycles. The molecule has 0 aliphatic rings. The monoisotopic (exact) mass is 219 g/mol. The van der Waals surface area contributed by atoms with E-state index < -0.39 is 29.3 Å². The number of carbonyl (C=O) groups excluding carboxylic acids is 1. The van der Waals surface area contributed by atoms with Crippen molar-refractivity contribution in [2.24, 2.45) is 0 Å². The average Bonchev–Trinajstić information content (AvgIpc) is 2.14. The molecule has 0 heterocycles. The van der Waals surface area contributed by atoms with Crippen molar-refractivity contribution in [2.75, 3.05) is 12.8 Å². The van der Waals surface area contributed by atoms with Crippen LogP contribution in [0.3, 0.4) is 0 Å². The molecule has 0 aliphatic carbocycles. The Bertz CT molecular complexity index is 393. The second-order valence-corrected chi connectivity index (χ2v) is 2.76. The molecule has 6 heteroatoms. The minimum Gasteiger partial charge on any atom is -0.465 e. The standard InChI is InChI=1S/C9H8F3NO2/c1-15-9(14)5-2-4(13)3-6(10)7(5)8(11)12/h2-3,8H,13H2,1H3. The first-order chi connectivity index (χ1) is 6.97. The fourth-order valence-corrected chi connectivity index (χ4v) is 1.14. The van der Waals surface area contributed by atoms with E-state index >= 15 is 0 Å². The van der Waals surface area contributed by atoms with Crippen LogP contribution in [0.4, 0.5) is 18.9 Å². The molecule has 0 amide bonds. The number of methoxy groups -OCH3 is 1. The highest BCUT2D eigenvalue weighted by molar-refractivity contribution is 5.92. The first-order valence-electron chi connectivity index (χ1n) is 3.92. The molecule has 3 nitrogen and oxygen atoms in total. The van der Waals surface area contributed by atoms with Crippen molar-refractivity contribution in [3.63, 3.8) is 0 Å². The zero-order valence-corrected chi connectivity index (χ0v) is 7.76. The molecule has 0 spiro atoms. The van der Waals surface area contributed by atoms with E-state index in [0.717, 1.165) is 19.2 Å². The van der Waals surface area contributed by atoms with Gasteiger partial charge in [0, 0.05) is 5.69 Å². The topological polar surface area (TPSA) is 52.3 Å². The number of nitrogen functional groups attached to an aromatic ring is 1. The highest BCUT2D eigenvalue weighted by Gasteiger charge is 2.23. The first kappa shape index (κ1) is 11.4. The van der Waals surface area contributed by atoms with E-state index in [0.29, 0.717) is 0 Å². The van der Waals surface area contributed by atoms with Crippen LogP contribution in [0.1, 0.15) is 22.3 Å². The molecule has 0 atom stereocenters. The summed E-state index contributed by atoms with van der Waals surface area (Å²) in [5, 5.41) is 0. The van der Waals surface area contributed by atoms with E-state index in [1.165, 1.54) is 0 Å². The number of ether oxygens (including phenoxy) is 1. The Balaban J connectivity index is 3.40. The predicted octanol–water partition coefficient (Wildman–Crippen LogP) is 2.13. The fraction of sp³-hybridized carbons (Fsp3) is 0.222. The maximum Gasteiger partial charge on any atom is 0.338 e. The number of anilines is 1. The Morgan fingerprint density at radius 1 is 1.47 bits per heavy atom. The molecule has 0 bridgehead atoms. The molecule has 0 aromatic heterocycles. The lowest BCUT2D eigenvalue weighted by Gasteiger charge is -2.09. The number of rotatable bonds is 2. The minimum absolute atomic E-state index is 0.114. The van der Waals surface area contributed by atoms with E-state index in [-0.39, 0.29) is 5.69 Å². The van der Waals surface area contributed by atoms with Crippen molar-refractivity contribution in [3.8, 4) is 0 Å². The fourth-order valence-electron chi connectivity index (χ4n) is 1.14. The van der Waals surface area contributed by atoms with Gasteiger partial charge in [-0.1, -0.05) is 0 Å². The summed E-state index contributed by atoms with van der Waals surface area (Å²) in [5.74, 6) is -2.26. The van der Waals surface area contributed by atoms with Gasteiger partial charge in [0.05, 0.1) is 18.2 Å². The van der Waals surface area contributed by atoms with Crippen LogP contribution in [-0.2, 0) is 4.74 Å². The zero-order chi connectivity index (χ0) is 11.6. The normalized spacial score (nSPS) is 10.5. The van der Waals surface area contributed by atoms with Crippen molar-refractivity contribution < 1.29 is 22.7 Å². The van der Waals surface area contributed by atoms with Crippen LogP contribution < -0.4 is 5.73 Å². The van der Waals surface area contributed by atoms with E-state index in [9.17, 15) is 18.0 Å². The predicted molar refractivity (Wildman–Crippen MR) is 47.1 cm³/mol. The van der Waals surface area contributed by atoms with Gasteiger partial charge in [-0.3, -0.25) is 0 Å². The lowest BCUT2D eigenvalue weighted by atomic mass is 10.1. The van der Waals surface area contributed by atoms with E-state index in [4.69, 9.17) is 5.73 Å². The van der Waals surface area contributed by atoms with Gasteiger partial charge in [-0.15, -0.1) is 0 Å². The lowest BCUT2D eigenvalue weighted by Crippen LogP contribution is -2.09. The number of hydrogen-bond acceptors (Lipinski definition) is 3. The minimum atomic E-state index is -3.10. The summed E-state index contributed by atoms with van der Waals surface area (Å²) < 4.78 is 42.2. The van der Waals surface area contributed by atoms with Gasteiger partial charge in [0.1, 0.15) is 5.82 Å². The molecule has 1 aromatic carbocycles. The van der Waals surface area contributed by atoms with Crippen LogP contribution in [0.25, 0.3) is 0 Å². The molecule has 0 unspecified atom stereocenters. The van der Waals surface area contributed by atoms with Crippen molar-refractivity contribution in [3.05, 3.63) is 29.1 Å². The summed E-state index contributed by atoms with van der Waals surface area (Å²) in [7, 11) is 1.01. The maximum absolute atomic E-state index is 13.1. The zero-order valence-electron chi connectivity index (χ0n) is 7.76. The third-order valence-electron chi connectivity index (χ3n) is 1.78. The molecular formula is C9H8F3NO2. The lowest BCUT2D eigenvalue weighted by molar-refractivity contribution is 0.0587. The van der Waals surface area contributed by atoms with Crippen molar-refractivity contribution >= 4 is 11.7 Å². The molecule has 0 radical (unpaired) electrons. The Morgan fingerprint density at radius 3 is 2.53 bits per heavy atom. The van der Waals surface area contributed by atoms with E-state index in [2.05, 4.69) is 4.74 Å². The van der Waals surface area contributed by atoms with Gasteiger partial charge in [-0.05, 0) is 12.1 Å². The highest BCUT2D eigenvalue weighted by atomic mass is 19.3. The Morgan fingerprint density at radius 2 is 2.07 bits per heavy atom. The summed E-state index contributed by atoms with van der Waals surface area (Å²) in [6.07, 6.45) is -3.10. The molecule has 2 N–H and O–H groups in total. The van der Waals surface area contributed by atoms with Crippen LogP contribution in [0.5, 0.6) is 0 Å². The van der Waals surface area contributed by atoms with Gasteiger partial charge in [0.25, 0.3) is 6.43 Å². The summed E-state index contributed by atoms with van der Waals surface area (Å²) >= 11 is 0. The molecule has 0 aliphatic heterocycles. The molecule has 1 aromatic rings. The number of nitrogens with two attached hydrogens (primary N) is 1. The third kappa shape index (κ3) is 2.20. The molecule has 82 valence electrons. The van der Waals surface area contributed by atoms with E-state index in [1.807, 2.05) is 0 Å². The first-order valence-corrected chi connectivity index (χ1v) is 3.92. The third-order valence-corrected chi connectivity index (χ3v) is 1.78. The van der Waals surface area contributed by atoms with Gasteiger partial charge >= 0.3 is 5.97 Å². The summed E-state index contributed by atoms with van der Waals surface area (Å²) in [4.78, 5) is 11.1. The summed E-state index contributed by atoms with van der Waals surface area (Å²) in [5.41, 5.74) is 3.57. The number of esters is 1. The number of benzene rings is 1. The van der Waals surface area contributed by atoms with Crippen LogP contribution in [-0.4, -0.2) is 13.1 Å². The van der Waals surface area contributed by atoms with Gasteiger partial charge < -0.3 is 10.5 Å². The van der Waals surface area contributed by atoms with Crippen LogP contribution in [0.15, 0.2) is 12.1 Å². The van der Waals surface area contributed by atoms with Crippen LogP contribution in [0, 0.1) is 5.82 Å². The van der Waals surface area contributed by atoms with Gasteiger partial charge in [0.15, 0.2) is 0 Å². The van der Waals surface area contributed by atoms with Gasteiger partial charge in [0.2, 0.25) is 0 Å². The maximum atomic E-state index is 13.1. The number of carbonyl (C=O) groups is 1. The Hall–Kier alpha value is -1.72. The summed E-state index contributed by atoms with van der Waals surface area (Å²) in [6.45, 7) is 0. The molecule has 0 fully saturated rings. The Kier molecular flexibility index (Phi) is 3.18. The number of alkyl halides is 2. The Labute approximate surface area is 83.6 Å².